The van der Waals surface area contributed by atoms with E-state index in [9.17, 15) is 8.42 Å². The van der Waals surface area contributed by atoms with Crippen LogP contribution < -0.4 is 0 Å². The first-order valence-corrected chi connectivity index (χ1v) is 10.0. The van der Waals surface area contributed by atoms with Crippen molar-refractivity contribution in [3.63, 3.8) is 0 Å². The first kappa shape index (κ1) is 17.2. The summed E-state index contributed by atoms with van der Waals surface area (Å²) >= 11 is 0. The van der Waals surface area contributed by atoms with E-state index < -0.39 is 10.0 Å². The third-order valence-electron chi connectivity index (χ3n) is 4.95. The van der Waals surface area contributed by atoms with E-state index in [4.69, 9.17) is 0 Å². The lowest BCUT2D eigenvalue weighted by Crippen LogP contribution is -2.25. The van der Waals surface area contributed by atoms with E-state index >= 15 is 0 Å². The standard InChI is InChI=1S/C20H25NO2S/c1-4-5-6-17-9-10-18-13-21(14-20(18)16(17)3)24(22,23)19-11-7-15(2)8-12-19/h7-12H,4-6,13-14H2,1-3H3. The Kier molecular flexibility index (Phi) is 4.79. The van der Waals surface area contributed by atoms with Gasteiger partial charge in [0.25, 0.3) is 0 Å². The van der Waals surface area contributed by atoms with Crippen LogP contribution in [0.25, 0.3) is 0 Å². The van der Waals surface area contributed by atoms with Crippen molar-refractivity contribution in [2.45, 2.75) is 58.0 Å². The molecule has 128 valence electrons. The second-order valence-electron chi connectivity index (χ2n) is 6.68. The molecule has 0 bridgehead atoms. The van der Waals surface area contributed by atoms with Crippen LogP contribution in [-0.4, -0.2) is 12.7 Å². The predicted molar refractivity (Wildman–Crippen MR) is 97.4 cm³/mol. The molecule has 3 nitrogen and oxygen atoms in total. The fourth-order valence-corrected chi connectivity index (χ4v) is 4.71. The number of aryl methyl sites for hydroxylation is 2. The van der Waals surface area contributed by atoms with Crippen molar-refractivity contribution in [3.8, 4) is 0 Å². The summed E-state index contributed by atoms with van der Waals surface area (Å²) in [5, 5.41) is 0. The minimum atomic E-state index is -3.44. The van der Waals surface area contributed by atoms with E-state index in [1.807, 2.05) is 19.1 Å². The number of sulfonamides is 1. The Morgan fingerprint density at radius 2 is 1.71 bits per heavy atom. The van der Waals surface area contributed by atoms with Gasteiger partial charge in [-0.15, -0.1) is 0 Å². The molecule has 0 atom stereocenters. The highest BCUT2D eigenvalue weighted by Crippen LogP contribution is 2.32. The van der Waals surface area contributed by atoms with E-state index in [-0.39, 0.29) is 0 Å². The molecular weight excluding hydrogens is 318 g/mol. The van der Waals surface area contributed by atoms with Crippen molar-refractivity contribution in [1.29, 1.82) is 0 Å². The normalized spacial score (nSPS) is 14.8. The summed E-state index contributed by atoms with van der Waals surface area (Å²) in [7, 11) is -3.44. The average Bonchev–Trinajstić information content (AvgIpc) is 3.01. The monoisotopic (exact) mass is 343 g/mol. The van der Waals surface area contributed by atoms with Crippen LogP contribution in [0.3, 0.4) is 0 Å². The quantitative estimate of drug-likeness (QED) is 0.809. The van der Waals surface area contributed by atoms with Crippen molar-refractivity contribution in [1.82, 2.24) is 4.31 Å². The molecule has 0 fully saturated rings. The molecule has 24 heavy (non-hydrogen) atoms. The smallest absolute Gasteiger partial charge is 0.207 e. The van der Waals surface area contributed by atoms with Crippen LogP contribution in [0.5, 0.6) is 0 Å². The zero-order chi connectivity index (χ0) is 17.3. The Bertz CT molecular complexity index is 839. The Morgan fingerprint density at radius 3 is 2.38 bits per heavy atom. The summed E-state index contributed by atoms with van der Waals surface area (Å²) in [5.41, 5.74) is 6.02. The number of rotatable bonds is 5. The Balaban J connectivity index is 1.88. The number of nitrogens with zero attached hydrogens (tertiary/aromatic N) is 1. The van der Waals surface area contributed by atoms with Gasteiger partial charge < -0.3 is 0 Å². The van der Waals surface area contributed by atoms with E-state index in [0.29, 0.717) is 18.0 Å². The first-order chi connectivity index (χ1) is 11.4. The Morgan fingerprint density at radius 1 is 1.00 bits per heavy atom. The average molecular weight is 343 g/mol. The van der Waals surface area contributed by atoms with Gasteiger partial charge in [-0.05, 0) is 61.1 Å². The van der Waals surface area contributed by atoms with Crippen LogP contribution in [0, 0.1) is 13.8 Å². The fraction of sp³-hybridized carbons (Fsp3) is 0.400. The molecule has 0 aliphatic carbocycles. The molecule has 0 saturated carbocycles. The summed E-state index contributed by atoms with van der Waals surface area (Å²) in [5.74, 6) is 0. The topological polar surface area (TPSA) is 37.4 Å². The van der Waals surface area contributed by atoms with Gasteiger partial charge in [0, 0.05) is 13.1 Å². The molecule has 1 aliphatic heterocycles. The van der Waals surface area contributed by atoms with Gasteiger partial charge in [-0.3, -0.25) is 0 Å². The van der Waals surface area contributed by atoms with Crippen LogP contribution in [0.4, 0.5) is 0 Å². The zero-order valence-electron chi connectivity index (χ0n) is 14.7. The molecule has 0 N–H and O–H groups in total. The third kappa shape index (κ3) is 3.13. The summed E-state index contributed by atoms with van der Waals surface area (Å²) in [6.07, 6.45) is 3.41. The molecule has 1 aliphatic rings. The number of hydrogen-bond donors (Lipinski definition) is 0. The molecule has 0 saturated heterocycles. The molecule has 4 heteroatoms. The van der Waals surface area contributed by atoms with Crippen molar-refractivity contribution < 1.29 is 8.42 Å². The molecule has 0 amide bonds. The summed E-state index contributed by atoms with van der Waals surface area (Å²) in [6, 6.07) is 11.4. The van der Waals surface area contributed by atoms with Gasteiger partial charge in [-0.2, -0.15) is 4.31 Å². The van der Waals surface area contributed by atoms with Crippen molar-refractivity contribution in [3.05, 3.63) is 64.2 Å². The van der Waals surface area contributed by atoms with Gasteiger partial charge in [-0.1, -0.05) is 43.2 Å². The van der Waals surface area contributed by atoms with E-state index in [0.717, 1.165) is 17.5 Å². The summed E-state index contributed by atoms with van der Waals surface area (Å²) in [6.45, 7) is 7.24. The second kappa shape index (κ2) is 6.69. The molecular formula is C20H25NO2S. The summed E-state index contributed by atoms with van der Waals surface area (Å²) in [4.78, 5) is 0.379. The maximum absolute atomic E-state index is 12.9. The minimum absolute atomic E-state index is 0.379. The second-order valence-corrected chi connectivity index (χ2v) is 8.62. The van der Waals surface area contributed by atoms with Crippen LogP contribution >= 0.6 is 0 Å². The maximum atomic E-state index is 12.9. The Labute approximate surface area is 145 Å². The van der Waals surface area contributed by atoms with Crippen LogP contribution in [0.1, 0.15) is 47.6 Å². The van der Waals surface area contributed by atoms with E-state index in [2.05, 4.69) is 26.0 Å². The molecule has 0 spiro atoms. The fourth-order valence-electron chi connectivity index (χ4n) is 3.32. The van der Waals surface area contributed by atoms with Crippen LogP contribution in [-0.2, 0) is 29.5 Å². The Hall–Kier alpha value is -1.65. The van der Waals surface area contributed by atoms with Gasteiger partial charge in [0.2, 0.25) is 10.0 Å². The zero-order valence-corrected chi connectivity index (χ0v) is 15.5. The van der Waals surface area contributed by atoms with Crippen molar-refractivity contribution >= 4 is 10.0 Å². The van der Waals surface area contributed by atoms with E-state index in [1.165, 1.54) is 29.5 Å². The molecule has 0 aromatic heterocycles. The lowest BCUT2D eigenvalue weighted by molar-refractivity contribution is 0.431. The lowest BCUT2D eigenvalue weighted by Gasteiger charge is -2.16. The van der Waals surface area contributed by atoms with Crippen LogP contribution in [0.15, 0.2) is 41.3 Å². The predicted octanol–water partition coefficient (Wildman–Crippen LogP) is 4.35. The molecule has 3 rings (SSSR count). The molecule has 1 heterocycles. The number of unbranched alkanes of at least 4 members (excludes halogenated alkanes) is 1. The first-order valence-electron chi connectivity index (χ1n) is 8.60. The van der Waals surface area contributed by atoms with Gasteiger partial charge in [-0.25, -0.2) is 8.42 Å². The molecule has 2 aromatic rings. The summed E-state index contributed by atoms with van der Waals surface area (Å²) < 4.78 is 27.4. The number of hydrogen-bond acceptors (Lipinski definition) is 2. The lowest BCUT2D eigenvalue weighted by atomic mass is 9.96. The third-order valence-corrected chi connectivity index (χ3v) is 6.75. The molecule has 0 unspecified atom stereocenters. The molecule has 2 aromatic carbocycles. The van der Waals surface area contributed by atoms with Gasteiger partial charge >= 0.3 is 0 Å². The van der Waals surface area contributed by atoms with E-state index in [1.54, 1.807) is 16.4 Å². The molecule has 0 radical (unpaired) electrons. The SMILES string of the molecule is CCCCc1ccc2c(c1C)CN(S(=O)(=O)c1ccc(C)cc1)C2. The van der Waals surface area contributed by atoms with Crippen molar-refractivity contribution in [2.75, 3.05) is 0 Å². The maximum Gasteiger partial charge on any atom is 0.243 e. The number of fused-ring (bicyclic) bond motifs is 1. The minimum Gasteiger partial charge on any atom is -0.207 e. The van der Waals surface area contributed by atoms with Gasteiger partial charge in [0.1, 0.15) is 0 Å². The highest BCUT2D eigenvalue weighted by atomic mass is 32.2. The highest BCUT2D eigenvalue weighted by Gasteiger charge is 2.31. The van der Waals surface area contributed by atoms with Crippen LogP contribution in [0.2, 0.25) is 0 Å². The number of benzene rings is 2. The largest absolute Gasteiger partial charge is 0.243 e. The highest BCUT2D eigenvalue weighted by molar-refractivity contribution is 7.89. The van der Waals surface area contributed by atoms with Gasteiger partial charge in [0.05, 0.1) is 4.90 Å². The van der Waals surface area contributed by atoms with Crippen molar-refractivity contribution in [2.24, 2.45) is 0 Å². The van der Waals surface area contributed by atoms with Gasteiger partial charge in [0.15, 0.2) is 0 Å².